The lowest BCUT2D eigenvalue weighted by atomic mass is 10.0. The van der Waals surface area contributed by atoms with E-state index in [0.717, 1.165) is 4.90 Å². The number of rotatable bonds is 5. The van der Waals surface area contributed by atoms with E-state index in [1.54, 1.807) is 7.11 Å². The highest BCUT2D eigenvalue weighted by Gasteiger charge is 2.49. The summed E-state index contributed by atoms with van der Waals surface area (Å²) in [5.74, 6) is -1.04. The van der Waals surface area contributed by atoms with Gasteiger partial charge in [-0.05, 0) is 19.3 Å². The molecule has 0 aliphatic carbocycles. The molecule has 0 aromatic rings. The average molecular weight is 407 g/mol. The zero-order chi connectivity index (χ0) is 19.8. The first-order valence-corrected chi connectivity index (χ1v) is 9.69. The molecule has 27 heavy (non-hydrogen) atoms. The molecule has 0 unspecified atom stereocenters. The number of carbonyl (C=O) groups excluding carboxylic acids is 3. The molecule has 3 saturated heterocycles. The van der Waals surface area contributed by atoms with Crippen molar-refractivity contribution in [2.45, 2.75) is 43.5 Å². The van der Waals surface area contributed by atoms with E-state index < -0.39 is 46.4 Å². The van der Waals surface area contributed by atoms with Crippen LogP contribution in [0.3, 0.4) is 0 Å². The van der Waals surface area contributed by atoms with Gasteiger partial charge in [0.25, 0.3) is 11.8 Å². The number of carbonyl (C=O) groups is 3. The topological polar surface area (TPSA) is 167 Å². The van der Waals surface area contributed by atoms with E-state index in [9.17, 15) is 22.8 Å². The molecule has 0 aromatic carbocycles. The van der Waals surface area contributed by atoms with E-state index >= 15 is 0 Å². The zero-order valence-electron chi connectivity index (χ0n) is 14.5. The van der Waals surface area contributed by atoms with Gasteiger partial charge in [0.2, 0.25) is 0 Å². The number of hydrazine groups is 1. The van der Waals surface area contributed by atoms with Gasteiger partial charge in [-0.15, -0.1) is 4.28 Å². The zero-order valence-corrected chi connectivity index (χ0v) is 15.3. The number of ether oxygens (including phenoxy) is 1. The normalized spacial score (nSPS) is 30.5. The molecule has 0 radical (unpaired) electrons. The van der Waals surface area contributed by atoms with E-state index in [1.165, 1.54) is 0 Å². The van der Waals surface area contributed by atoms with Gasteiger partial charge in [-0.3, -0.25) is 25.0 Å². The van der Waals surface area contributed by atoms with Crippen molar-refractivity contribution in [3.05, 3.63) is 0 Å². The number of urea groups is 1. The van der Waals surface area contributed by atoms with Crippen LogP contribution in [0.4, 0.5) is 4.79 Å². The van der Waals surface area contributed by atoms with Gasteiger partial charge in [0.15, 0.2) is 0 Å². The second kappa shape index (κ2) is 7.55. The molecule has 4 N–H and O–H groups in total. The fourth-order valence-electron chi connectivity index (χ4n) is 3.48. The lowest BCUT2D eigenvalue weighted by Crippen LogP contribution is -2.56. The molecule has 0 aromatic heterocycles. The van der Waals surface area contributed by atoms with Gasteiger partial charge in [-0.25, -0.2) is 4.79 Å². The maximum absolute atomic E-state index is 12.4. The number of nitrogens with zero attached hydrogens (tertiary/aromatic N) is 2. The van der Waals surface area contributed by atoms with Gasteiger partial charge in [-0.2, -0.15) is 13.5 Å². The summed E-state index contributed by atoms with van der Waals surface area (Å²) in [5, 5.41) is 3.52. The molecule has 14 heteroatoms. The predicted molar refractivity (Wildman–Crippen MR) is 86.9 cm³/mol. The monoisotopic (exact) mass is 407 g/mol. The minimum atomic E-state index is -4.85. The second-order valence-electron chi connectivity index (χ2n) is 6.54. The summed E-state index contributed by atoms with van der Waals surface area (Å²) in [7, 11) is -3.30. The Balaban J connectivity index is 1.54. The van der Waals surface area contributed by atoms with Crippen molar-refractivity contribution >= 4 is 28.2 Å². The van der Waals surface area contributed by atoms with E-state index in [2.05, 4.69) is 20.5 Å². The summed E-state index contributed by atoms with van der Waals surface area (Å²) < 4.78 is 39.9. The van der Waals surface area contributed by atoms with Crippen molar-refractivity contribution in [3.63, 3.8) is 0 Å². The highest BCUT2D eigenvalue weighted by atomic mass is 32.3. The maximum atomic E-state index is 12.4. The number of amides is 4. The van der Waals surface area contributed by atoms with Crippen LogP contribution < -0.4 is 16.2 Å². The molecular weight excluding hydrogens is 386 g/mol. The van der Waals surface area contributed by atoms with Crippen LogP contribution in [0.5, 0.6) is 0 Å². The first-order valence-electron chi connectivity index (χ1n) is 8.32. The Morgan fingerprint density at radius 1 is 1.26 bits per heavy atom. The van der Waals surface area contributed by atoms with Crippen LogP contribution in [0.25, 0.3) is 0 Å². The number of hydrogen-bond donors (Lipinski definition) is 4. The Kier molecular flexibility index (Phi) is 5.53. The van der Waals surface area contributed by atoms with Crippen LogP contribution >= 0.6 is 0 Å². The molecule has 3 heterocycles. The first-order chi connectivity index (χ1) is 12.7. The van der Waals surface area contributed by atoms with Crippen LogP contribution in [-0.2, 0) is 29.0 Å². The van der Waals surface area contributed by atoms with Gasteiger partial charge < -0.3 is 15.0 Å². The van der Waals surface area contributed by atoms with Crippen LogP contribution in [0.1, 0.15) is 19.3 Å². The molecule has 3 aliphatic rings. The van der Waals surface area contributed by atoms with Gasteiger partial charge in [0, 0.05) is 20.2 Å². The molecule has 2 bridgehead atoms. The summed E-state index contributed by atoms with van der Waals surface area (Å²) in [6, 6.07) is -2.83. The molecule has 13 nitrogen and oxygen atoms in total. The summed E-state index contributed by atoms with van der Waals surface area (Å²) in [6.07, 6.45) is 0.929. The SMILES string of the molecule is CO[C@H]1CN[C@H](C(=O)NNC(=O)[C@@H]2CC[C@H]3CN2C(=O)N3OS(=O)(=O)O)C1. The summed E-state index contributed by atoms with van der Waals surface area (Å²) in [6.45, 7) is 0.596. The van der Waals surface area contributed by atoms with Gasteiger partial charge >= 0.3 is 16.4 Å². The van der Waals surface area contributed by atoms with Crippen LogP contribution in [0.2, 0.25) is 0 Å². The predicted octanol–water partition coefficient (Wildman–Crippen LogP) is -2.49. The number of methoxy groups -OCH3 is 1. The van der Waals surface area contributed by atoms with Crippen molar-refractivity contribution in [1.82, 2.24) is 26.1 Å². The third-order valence-corrected chi connectivity index (χ3v) is 5.20. The van der Waals surface area contributed by atoms with Gasteiger partial charge in [0.05, 0.1) is 18.2 Å². The Hall–Kier alpha value is -2.00. The maximum Gasteiger partial charge on any atom is 0.418 e. The van der Waals surface area contributed by atoms with E-state index in [0.29, 0.717) is 24.4 Å². The first kappa shape index (κ1) is 19.8. The number of hydroxylamine groups is 2. The highest BCUT2D eigenvalue weighted by Crippen LogP contribution is 2.30. The van der Waals surface area contributed by atoms with Gasteiger partial charge in [0.1, 0.15) is 6.04 Å². The smallest absolute Gasteiger partial charge is 0.380 e. The van der Waals surface area contributed by atoms with Crippen molar-refractivity contribution in [1.29, 1.82) is 0 Å². The highest BCUT2D eigenvalue weighted by molar-refractivity contribution is 7.80. The van der Waals surface area contributed by atoms with E-state index in [-0.39, 0.29) is 19.1 Å². The second-order valence-corrected chi connectivity index (χ2v) is 7.55. The number of hydrogen-bond acceptors (Lipinski definition) is 8. The Labute approximate surface area is 155 Å². The van der Waals surface area contributed by atoms with Crippen molar-refractivity contribution < 1.29 is 36.4 Å². The lowest BCUT2D eigenvalue weighted by molar-refractivity contribution is -0.132. The third-order valence-electron chi connectivity index (χ3n) is 4.85. The molecule has 4 atom stereocenters. The molecule has 0 spiro atoms. The quantitative estimate of drug-likeness (QED) is 0.285. The number of nitrogens with one attached hydrogen (secondary N) is 3. The molecule has 3 aliphatic heterocycles. The van der Waals surface area contributed by atoms with Gasteiger partial charge in [-0.1, -0.05) is 0 Å². The Morgan fingerprint density at radius 2 is 1.96 bits per heavy atom. The van der Waals surface area contributed by atoms with E-state index in [1.807, 2.05) is 0 Å². The Morgan fingerprint density at radius 3 is 2.59 bits per heavy atom. The molecule has 3 fully saturated rings. The largest absolute Gasteiger partial charge is 0.418 e. The summed E-state index contributed by atoms with van der Waals surface area (Å²) in [5.41, 5.74) is 4.60. The number of piperidine rings is 1. The van der Waals surface area contributed by atoms with Crippen LogP contribution in [0, 0.1) is 0 Å². The minimum absolute atomic E-state index is 0.0695. The van der Waals surface area contributed by atoms with Crippen molar-refractivity contribution in [2.75, 3.05) is 20.2 Å². The minimum Gasteiger partial charge on any atom is -0.380 e. The van der Waals surface area contributed by atoms with E-state index in [4.69, 9.17) is 9.29 Å². The molecule has 4 amide bonds. The van der Waals surface area contributed by atoms with Crippen molar-refractivity contribution in [2.24, 2.45) is 0 Å². The summed E-state index contributed by atoms with van der Waals surface area (Å²) in [4.78, 5) is 37.8. The standard InChI is InChI=1S/C13H21N5O8S/c1-25-8-4-9(14-5-8)11(19)15-16-12(20)10-3-2-7-6-17(10)13(21)18(7)26-27(22,23)24/h7-10,14H,2-6H2,1H3,(H,15,19)(H,16,20)(H,22,23,24)/t7-,8+,9-,10-/m0/s1. The Bertz CT molecular complexity index is 730. The lowest BCUT2D eigenvalue weighted by Gasteiger charge is -2.29. The average Bonchev–Trinajstić information content (AvgIpc) is 3.18. The molecule has 3 rings (SSSR count). The summed E-state index contributed by atoms with van der Waals surface area (Å²) >= 11 is 0. The third kappa shape index (κ3) is 4.30. The molecule has 0 saturated carbocycles. The fourth-order valence-corrected chi connectivity index (χ4v) is 3.87. The molecular formula is C13H21N5O8S. The number of fused-ring (bicyclic) bond motifs is 2. The molecule has 152 valence electrons. The fraction of sp³-hybridized carbons (Fsp3) is 0.769. The van der Waals surface area contributed by atoms with Crippen LogP contribution in [0.15, 0.2) is 0 Å². The van der Waals surface area contributed by atoms with Crippen LogP contribution in [-0.4, -0.2) is 85.2 Å². The van der Waals surface area contributed by atoms with Crippen molar-refractivity contribution in [3.8, 4) is 0 Å².